The van der Waals surface area contributed by atoms with E-state index in [-0.39, 0.29) is 0 Å². The lowest BCUT2D eigenvalue weighted by Crippen LogP contribution is -2.32. The van der Waals surface area contributed by atoms with Gasteiger partial charge in [0.05, 0.1) is 0 Å². The Bertz CT molecular complexity index is 459. The Balaban J connectivity index is 1.93. The maximum atomic E-state index is 6.21. The van der Waals surface area contributed by atoms with Crippen LogP contribution in [0.15, 0.2) is 12.1 Å². The molecule has 0 spiro atoms. The summed E-state index contributed by atoms with van der Waals surface area (Å²) in [5.41, 5.74) is 12.5. The van der Waals surface area contributed by atoms with Crippen molar-refractivity contribution >= 4 is 0 Å². The maximum absolute atomic E-state index is 6.21. The van der Waals surface area contributed by atoms with Crippen LogP contribution < -0.4 is 5.73 Å². The Labute approximate surface area is 117 Å². The van der Waals surface area contributed by atoms with E-state index in [0.29, 0.717) is 6.04 Å². The van der Waals surface area contributed by atoms with Gasteiger partial charge in [0, 0.05) is 6.04 Å². The zero-order valence-corrected chi connectivity index (χ0v) is 12.3. The van der Waals surface area contributed by atoms with Crippen molar-refractivity contribution in [1.29, 1.82) is 0 Å². The highest BCUT2D eigenvalue weighted by Gasteiger charge is 2.25. The van der Waals surface area contributed by atoms with Gasteiger partial charge < -0.3 is 10.6 Å². The number of aryl methyl sites for hydroxylation is 1. The molecule has 1 aromatic rings. The van der Waals surface area contributed by atoms with E-state index in [1.54, 1.807) is 16.7 Å². The minimum absolute atomic E-state index is 0.374. The Kier molecular flexibility index (Phi) is 3.64. The van der Waals surface area contributed by atoms with Crippen LogP contribution in [0.25, 0.3) is 0 Å². The molecule has 0 amide bonds. The molecule has 104 valence electrons. The third-order valence-corrected chi connectivity index (χ3v) is 5.09. The van der Waals surface area contributed by atoms with Gasteiger partial charge in [0.2, 0.25) is 0 Å². The van der Waals surface area contributed by atoms with E-state index in [4.69, 9.17) is 5.73 Å². The largest absolute Gasteiger partial charge is 0.327 e. The zero-order valence-electron chi connectivity index (χ0n) is 12.3. The lowest BCUT2D eigenvalue weighted by molar-refractivity contribution is 0.254. The third-order valence-electron chi connectivity index (χ3n) is 5.09. The van der Waals surface area contributed by atoms with E-state index in [1.165, 1.54) is 37.9 Å². The number of fused-ring (bicyclic) bond motifs is 1. The van der Waals surface area contributed by atoms with Crippen molar-refractivity contribution < 1.29 is 0 Å². The molecule has 0 radical (unpaired) electrons. The Morgan fingerprint density at radius 2 is 1.84 bits per heavy atom. The van der Waals surface area contributed by atoms with Crippen molar-refractivity contribution in [3.05, 3.63) is 34.4 Å². The maximum Gasteiger partial charge on any atom is 0.00826 e. The summed E-state index contributed by atoms with van der Waals surface area (Å²) >= 11 is 0. The number of rotatable bonds is 1. The van der Waals surface area contributed by atoms with E-state index in [2.05, 4.69) is 31.0 Å². The number of nitrogens with two attached hydrogens (primary N) is 1. The molecule has 1 heterocycles. The second-order valence-electron chi connectivity index (χ2n) is 6.51. The van der Waals surface area contributed by atoms with Crippen LogP contribution in [0.3, 0.4) is 0 Å². The van der Waals surface area contributed by atoms with E-state index in [1.807, 2.05) is 0 Å². The Hall–Kier alpha value is -0.860. The standard InChI is InChI=1S/C17H26N2/c1-12-3-5-16(13-7-9-19(2)10-8-13)17-11-14(18)4-6-15(12)17/h3,5,13-14H,4,6-11,18H2,1-2H3. The van der Waals surface area contributed by atoms with Crippen molar-refractivity contribution in [3.8, 4) is 0 Å². The van der Waals surface area contributed by atoms with Gasteiger partial charge in [-0.25, -0.2) is 0 Å². The van der Waals surface area contributed by atoms with Crippen LogP contribution in [-0.2, 0) is 12.8 Å². The van der Waals surface area contributed by atoms with Gasteiger partial charge in [-0.3, -0.25) is 0 Å². The second kappa shape index (κ2) is 5.26. The topological polar surface area (TPSA) is 29.3 Å². The number of hydrogen-bond donors (Lipinski definition) is 1. The van der Waals surface area contributed by atoms with Gasteiger partial charge in [-0.15, -0.1) is 0 Å². The van der Waals surface area contributed by atoms with Crippen LogP contribution in [0.5, 0.6) is 0 Å². The smallest absolute Gasteiger partial charge is 0.00826 e. The first-order chi connectivity index (χ1) is 9.15. The molecular formula is C17H26N2. The summed E-state index contributed by atoms with van der Waals surface area (Å²) in [5.74, 6) is 0.760. The Morgan fingerprint density at radius 3 is 2.58 bits per heavy atom. The number of piperidine rings is 1. The number of nitrogens with zero attached hydrogens (tertiary/aromatic N) is 1. The predicted molar refractivity (Wildman–Crippen MR) is 80.7 cm³/mol. The van der Waals surface area contributed by atoms with Crippen LogP contribution >= 0.6 is 0 Å². The van der Waals surface area contributed by atoms with Crippen molar-refractivity contribution in [2.75, 3.05) is 20.1 Å². The molecule has 0 saturated carbocycles. The summed E-state index contributed by atoms with van der Waals surface area (Å²) in [6.07, 6.45) is 6.05. The summed E-state index contributed by atoms with van der Waals surface area (Å²) < 4.78 is 0. The van der Waals surface area contributed by atoms with Crippen LogP contribution in [0.4, 0.5) is 0 Å². The fourth-order valence-electron chi connectivity index (χ4n) is 3.81. The molecule has 1 aliphatic carbocycles. The van der Waals surface area contributed by atoms with Gasteiger partial charge in [-0.05, 0) is 87.3 Å². The van der Waals surface area contributed by atoms with Gasteiger partial charge in [0.1, 0.15) is 0 Å². The minimum atomic E-state index is 0.374. The quantitative estimate of drug-likeness (QED) is 0.839. The summed E-state index contributed by atoms with van der Waals surface area (Å²) in [5, 5.41) is 0. The average molecular weight is 258 g/mol. The molecular weight excluding hydrogens is 232 g/mol. The van der Waals surface area contributed by atoms with Crippen LogP contribution in [0, 0.1) is 6.92 Å². The van der Waals surface area contributed by atoms with E-state index in [9.17, 15) is 0 Å². The second-order valence-corrected chi connectivity index (χ2v) is 6.51. The van der Waals surface area contributed by atoms with Gasteiger partial charge in [-0.1, -0.05) is 12.1 Å². The highest BCUT2D eigenvalue weighted by atomic mass is 15.1. The normalized spacial score (nSPS) is 25.3. The molecule has 1 aromatic carbocycles. The number of hydrogen-bond acceptors (Lipinski definition) is 2. The van der Waals surface area contributed by atoms with Crippen LogP contribution in [0.2, 0.25) is 0 Å². The molecule has 2 aliphatic rings. The lowest BCUT2D eigenvalue weighted by atomic mass is 9.78. The SMILES string of the molecule is Cc1ccc(C2CCN(C)CC2)c2c1CCC(N)C2. The molecule has 1 saturated heterocycles. The van der Waals surface area contributed by atoms with Crippen LogP contribution in [0.1, 0.15) is 47.4 Å². The van der Waals surface area contributed by atoms with Gasteiger partial charge >= 0.3 is 0 Å². The minimum Gasteiger partial charge on any atom is -0.327 e. The summed E-state index contributed by atoms with van der Waals surface area (Å²) in [7, 11) is 2.23. The fraction of sp³-hybridized carbons (Fsp3) is 0.647. The highest BCUT2D eigenvalue weighted by Crippen LogP contribution is 2.35. The molecule has 2 nitrogen and oxygen atoms in total. The first kappa shape index (κ1) is 13.1. The van der Waals surface area contributed by atoms with Crippen molar-refractivity contribution in [1.82, 2.24) is 4.90 Å². The van der Waals surface area contributed by atoms with E-state index < -0.39 is 0 Å². The number of benzene rings is 1. The molecule has 3 rings (SSSR count). The molecule has 19 heavy (non-hydrogen) atoms. The molecule has 1 aliphatic heterocycles. The Morgan fingerprint density at radius 1 is 1.11 bits per heavy atom. The predicted octanol–water partition coefficient (Wildman–Crippen LogP) is 2.62. The highest BCUT2D eigenvalue weighted by molar-refractivity contribution is 5.44. The molecule has 0 aromatic heterocycles. The monoisotopic (exact) mass is 258 g/mol. The van der Waals surface area contributed by atoms with Crippen molar-refractivity contribution in [2.24, 2.45) is 5.73 Å². The van der Waals surface area contributed by atoms with Gasteiger partial charge in [0.15, 0.2) is 0 Å². The summed E-state index contributed by atoms with van der Waals surface area (Å²) in [6, 6.07) is 5.10. The molecule has 0 bridgehead atoms. The first-order valence-corrected chi connectivity index (χ1v) is 7.70. The van der Waals surface area contributed by atoms with Crippen LogP contribution in [-0.4, -0.2) is 31.1 Å². The molecule has 2 heteroatoms. The molecule has 2 N–H and O–H groups in total. The van der Waals surface area contributed by atoms with Crippen molar-refractivity contribution in [2.45, 2.75) is 51.0 Å². The first-order valence-electron chi connectivity index (χ1n) is 7.70. The van der Waals surface area contributed by atoms with Crippen molar-refractivity contribution in [3.63, 3.8) is 0 Å². The molecule has 1 fully saturated rings. The molecule has 1 unspecified atom stereocenters. The fourth-order valence-corrected chi connectivity index (χ4v) is 3.81. The zero-order chi connectivity index (χ0) is 13.4. The summed E-state index contributed by atoms with van der Waals surface area (Å²) in [4.78, 5) is 2.45. The van der Waals surface area contributed by atoms with Gasteiger partial charge in [-0.2, -0.15) is 0 Å². The summed E-state index contributed by atoms with van der Waals surface area (Å²) in [6.45, 7) is 4.73. The number of likely N-dealkylation sites (tertiary alicyclic amines) is 1. The van der Waals surface area contributed by atoms with E-state index >= 15 is 0 Å². The van der Waals surface area contributed by atoms with E-state index in [0.717, 1.165) is 18.8 Å². The van der Waals surface area contributed by atoms with Gasteiger partial charge in [0.25, 0.3) is 0 Å². The molecule has 1 atom stereocenters. The third kappa shape index (κ3) is 2.56. The lowest BCUT2D eigenvalue weighted by Gasteiger charge is -2.33. The average Bonchev–Trinajstić information content (AvgIpc) is 2.40.